The second-order valence-electron chi connectivity index (χ2n) is 6.41. The smallest absolute Gasteiger partial charge is 0.0960 e. The lowest BCUT2D eigenvalue weighted by Crippen LogP contribution is -2.09. The molecule has 1 heterocycles. The zero-order valence-corrected chi connectivity index (χ0v) is 13.8. The summed E-state index contributed by atoms with van der Waals surface area (Å²) >= 11 is 0. The van der Waals surface area contributed by atoms with Gasteiger partial charge in [0.15, 0.2) is 0 Å². The summed E-state index contributed by atoms with van der Waals surface area (Å²) in [5, 5.41) is 8.23. The van der Waals surface area contributed by atoms with E-state index < -0.39 is 0 Å². The first-order chi connectivity index (χ1) is 11.2. The SMILES string of the molecule is C=C/C(=C1/N=C(CC2CC2)C=CC1=N)c1ccc(CCC)cc1. The Morgan fingerprint density at radius 1 is 1.26 bits per heavy atom. The fraction of sp³-hybridized carbons (Fsp3) is 0.333. The van der Waals surface area contributed by atoms with Crippen LogP contribution in [0.2, 0.25) is 0 Å². The summed E-state index contributed by atoms with van der Waals surface area (Å²) in [6.07, 6.45) is 11.6. The molecule has 0 saturated heterocycles. The van der Waals surface area contributed by atoms with E-state index in [0.717, 1.165) is 47.7 Å². The third kappa shape index (κ3) is 3.76. The van der Waals surface area contributed by atoms with Gasteiger partial charge in [0, 0.05) is 11.3 Å². The number of hydrogen-bond donors (Lipinski definition) is 1. The van der Waals surface area contributed by atoms with Gasteiger partial charge in [0.25, 0.3) is 0 Å². The lowest BCUT2D eigenvalue weighted by molar-refractivity contribution is 0.895. The highest BCUT2D eigenvalue weighted by Crippen LogP contribution is 2.34. The molecule has 1 aromatic carbocycles. The Bertz CT molecular complexity index is 698. The van der Waals surface area contributed by atoms with E-state index in [1.165, 1.54) is 18.4 Å². The fourth-order valence-electron chi connectivity index (χ4n) is 2.93. The van der Waals surface area contributed by atoms with Gasteiger partial charge in [-0.05, 0) is 54.9 Å². The number of aliphatic imine (C=N–C) groups is 1. The second-order valence-corrected chi connectivity index (χ2v) is 6.41. The molecule has 1 N–H and O–H groups in total. The molecule has 0 bridgehead atoms. The molecule has 1 aromatic rings. The Labute approximate surface area is 138 Å². The molecule has 118 valence electrons. The van der Waals surface area contributed by atoms with Crippen LogP contribution in [-0.4, -0.2) is 11.4 Å². The highest BCUT2D eigenvalue weighted by molar-refractivity contribution is 6.19. The van der Waals surface area contributed by atoms with Crippen LogP contribution in [0.25, 0.3) is 5.57 Å². The summed E-state index contributed by atoms with van der Waals surface area (Å²) in [6, 6.07) is 8.58. The Kier molecular flexibility index (Phi) is 4.71. The van der Waals surface area contributed by atoms with Crippen LogP contribution >= 0.6 is 0 Å². The van der Waals surface area contributed by atoms with Crippen molar-refractivity contribution in [3.63, 3.8) is 0 Å². The van der Waals surface area contributed by atoms with Crippen molar-refractivity contribution in [3.8, 4) is 0 Å². The molecule has 0 amide bonds. The molecule has 2 nitrogen and oxygen atoms in total. The monoisotopic (exact) mass is 304 g/mol. The zero-order valence-electron chi connectivity index (χ0n) is 13.8. The summed E-state index contributed by atoms with van der Waals surface area (Å²) in [6.45, 7) is 6.15. The van der Waals surface area contributed by atoms with Crippen LogP contribution in [0, 0.1) is 11.3 Å². The fourth-order valence-corrected chi connectivity index (χ4v) is 2.93. The van der Waals surface area contributed by atoms with E-state index in [2.05, 4.69) is 37.8 Å². The van der Waals surface area contributed by atoms with Crippen molar-refractivity contribution in [2.75, 3.05) is 0 Å². The molecule has 2 heteroatoms. The van der Waals surface area contributed by atoms with Gasteiger partial charge in [-0.1, -0.05) is 50.3 Å². The van der Waals surface area contributed by atoms with Gasteiger partial charge in [-0.3, -0.25) is 10.4 Å². The summed E-state index contributed by atoms with van der Waals surface area (Å²) in [5.74, 6) is 0.799. The molecule has 2 aliphatic rings. The van der Waals surface area contributed by atoms with E-state index in [-0.39, 0.29) is 0 Å². The number of nitrogens with zero attached hydrogens (tertiary/aromatic N) is 1. The van der Waals surface area contributed by atoms with Crippen molar-refractivity contribution in [1.82, 2.24) is 0 Å². The average Bonchev–Trinajstić information content (AvgIpc) is 3.37. The van der Waals surface area contributed by atoms with Crippen molar-refractivity contribution in [2.24, 2.45) is 10.9 Å². The third-order valence-electron chi connectivity index (χ3n) is 4.41. The van der Waals surface area contributed by atoms with Crippen LogP contribution in [0.15, 0.2) is 59.8 Å². The summed E-state index contributed by atoms with van der Waals surface area (Å²) in [7, 11) is 0. The molecule has 1 fully saturated rings. The first kappa shape index (κ1) is 15.7. The van der Waals surface area contributed by atoms with Gasteiger partial charge >= 0.3 is 0 Å². The van der Waals surface area contributed by atoms with Crippen LogP contribution in [0.1, 0.15) is 43.7 Å². The first-order valence-corrected chi connectivity index (χ1v) is 8.52. The normalized spacial score (nSPS) is 19.5. The maximum Gasteiger partial charge on any atom is 0.0960 e. The van der Waals surface area contributed by atoms with Crippen LogP contribution in [0.5, 0.6) is 0 Å². The third-order valence-corrected chi connectivity index (χ3v) is 4.41. The number of benzene rings is 1. The maximum atomic E-state index is 8.23. The van der Waals surface area contributed by atoms with Crippen molar-refractivity contribution in [1.29, 1.82) is 5.41 Å². The van der Waals surface area contributed by atoms with Gasteiger partial charge in [0.05, 0.1) is 11.4 Å². The molecule has 3 rings (SSSR count). The van der Waals surface area contributed by atoms with E-state index in [4.69, 9.17) is 10.4 Å². The van der Waals surface area contributed by atoms with E-state index in [0.29, 0.717) is 5.71 Å². The summed E-state index contributed by atoms with van der Waals surface area (Å²) in [4.78, 5) is 4.76. The molecule has 1 saturated carbocycles. The van der Waals surface area contributed by atoms with E-state index >= 15 is 0 Å². The lowest BCUT2D eigenvalue weighted by atomic mass is 9.97. The van der Waals surface area contributed by atoms with Gasteiger partial charge in [-0.15, -0.1) is 0 Å². The van der Waals surface area contributed by atoms with Gasteiger partial charge in [0.1, 0.15) is 0 Å². The minimum Gasteiger partial charge on any atom is -0.299 e. The number of dihydropyridines is 1. The summed E-state index contributed by atoms with van der Waals surface area (Å²) in [5.41, 5.74) is 5.71. The Morgan fingerprint density at radius 3 is 2.61 bits per heavy atom. The molecule has 23 heavy (non-hydrogen) atoms. The van der Waals surface area contributed by atoms with E-state index in [9.17, 15) is 0 Å². The molecular formula is C21H24N2. The maximum absolute atomic E-state index is 8.23. The van der Waals surface area contributed by atoms with E-state index in [1.807, 2.05) is 18.2 Å². The highest BCUT2D eigenvalue weighted by Gasteiger charge is 2.24. The predicted octanol–water partition coefficient (Wildman–Crippen LogP) is 5.37. The minimum atomic E-state index is 0.470. The molecule has 0 unspecified atom stereocenters. The predicted molar refractivity (Wildman–Crippen MR) is 99.2 cm³/mol. The van der Waals surface area contributed by atoms with Crippen molar-refractivity contribution < 1.29 is 0 Å². The average molecular weight is 304 g/mol. The Balaban J connectivity index is 1.93. The molecule has 0 radical (unpaired) electrons. The molecule has 0 atom stereocenters. The van der Waals surface area contributed by atoms with Crippen molar-refractivity contribution in [3.05, 3.63) is 65.9 Å². The van der Waals surface area contributed by atoms with Crippen LogP contribution < -0.4 is 0 Å². The number of aryl methyl sites for hydroxylation is 1. The minimum absolute atomic E-state index is 0.470. The van der Waals surface area contributed by atoms with Gasteiger partial charge < -0.3 is 0 Å². The topological polar surface area (TPSA) is 36.2 Å². The molecule has 1 aliphatic heterocycles. The van der Waals surface area contributed by atoms with Gasteiger partial charge in [-0.25, -0.2) is 0 Å². The van der Waals surface area contributed by atoms with Gasteiger partial charge in [-0.2, -0.15) is 0 Å². The summed E-state index contributed by atoms with van der Waals surface area (Å²) < 4.78 is 0. The number of allylic oxidation sites excluding steroid dienone is 4. The van der Waals surface area contributed by atoms with Crippen molar-refractivity contribution in [2.45, 2.75) is 39.0 Å². The number of nitrogens with one attached hydrogen (secondary N) is 1. The van der Waals surface area contributed by atoms with Crippen LogP contribution in [-0.2, 0) is 6.42 Å². The highest BCUT2D eigenvalue weighted by atomic mass is 14.8. The van der Waals surface area contributed by atoms with Crippen LogP contribution in [0.3, 0.4) is 0 Å². The second kappa shape index (κ2) is 6.91. The number of rotatable bonds is 6. The van der Waals surface area contributed by atoms with Crippen molar-refractivity contribution >= 4 is 17.0 Å². The molecule has 0 aromatic heterocycles. The molecular weight excluding hydrogens is 280 g/mol. The number of hydrogen-bond acceptors (Lipinski definition) is 2. The standard InChI is InChI=1S/C21H24N2/c1-3-5-15-8-10-17(11-9-15)19(4-2)21-20(22)13-12-18(23-21)14-16-6-7-16/h4,8-13,16,22H,2-3,5-7,14H2,1H3/b21-19-,22-20?. The first-order valence-electron chi connectivity index (χ1n) is 8.52. The van der Waals surface area contributed by atoms with Gasteiger partial charge in [0.2, 0.25) is 0 Å². The quantitative estimate of drug-likeness (QED) is 0.734. The largest absolute Gasteiger partial charge is 0.299 e. The van der Waals surface area contributed by atoms with Crippen LogP contribution in [0.4, 0.5) is 0 Å². The Morgan fingerprint density at radius 2 is 2.00 bits per heavy atom. The zero-order chi connectivity index (χ0) is 16.2. The molecule has 1 aliphatic carbocycles. The lowest BCUT2D eigenvalue weighted by Gasteiger charge is -2.14. The molecule has 0 spiro atoms. The van der Waals surface area contributed by atoms with E-state index in [1.54, 1.807) is 0 Å². The Hall–Kier alpha value is -2.22.